The van der Waals surface area contributed by atoms with E-state index in [2.05, 4.69) is 12.2 Å². The third-order valence-electron chi connectivity index (χ3n) is 4.01. The number of carbonyl (C=O) groups is 1. The molecule has 2 atom stereocenters. The van der Waals surface area contributed by atoms with Crippen LogP contribution in [0.25, 0.3) is 0 Å². The summed E-state index contributed by atoms with van der Waals surface area (Å²) in [5, 5.41) is 9.30. The van der Waals surface area contributed by atoms with Crippen LogP contribution in [0.3, 0.4) is 0 Å². The third kappa shape index (κ3) is 1.37. The van der Waals surface area contributed by atoms with E-state index in [1.807, 2.05) is 6.92 Å². The van der Waals surface area contributed by atoms with Gasteiger partial charge < -0.3 is 5.11 Å². The predicted molar refractivity (Wildman–Crippen MR) is 54.9 cm³/mol. The highest BCUT2D eigenvalue weighted by molar-refractivity contribution is 5.72. The standard InChI is InChI=1S/C12H18O2/c1-9-5-4-8-12(6-2-3-7-12)10(9)11(13)14/h4-5,9-10H,2-3,6-8H2,1H3,(H,13,14). The number of rotatable bonds is 1. The maximum Gasteiger partial charge on any atom is 0.307 e. The van der Waals surface area contributed by atoms with Gasteiger partial charge in [-0.05, 0) is 30.6 Å². The molecule has 0 aromatic rings. The summed E-state index contributed by atoms with van der Waals surface area (Å²) in [6.45, 7) is 2.04. The Labute approximate surface area is 85.0 Å². The lowest BCUT2D eigenvalue weighted by atomic mass is 9.64. The lowest BCUT2D eigenvalue weighted by Crippen LogP contribution is -2.39. The van der Waals surface area contributed by atoms with E-state index in [4.69, 9.17) is 0 Å². The van der Waals surface area contributed by atoms with E-state index in [1.165, 1.54) is 12.8 Å². The van der Waals surface area contributed by atoms with E-state index < -0.39 is 5.97 Å². The Bertz CT molecular complexity index is 261. The number of hydrogen-bond donors (Lipinski definition) is 1. The summed E-state index contributed by atoms with van der Waals surface area (Å²) in [5.41, 5.74) is 0.0972. The van der Waals surface area contributed by atoms with Gasteiger partial charge in [0.15, 0.2) is 0 Å². The summed E-state index contributed by atoms with van der Waals surface area (Å²) in [6.07, 6.45) is 9.89. The van der Waals surface area contributed by atoms with Crippen LogP contribution in [-0.4, -0.2) is 11.1 Å². The minimum absolute atomic E-state index is 0.0972. The van der Waals surface area contributed by atoms with Crippen LogP contribution in [0.15, 0.2) is 12.2 Å². The topological polar surface area (TPSA) is 37.3 Å². The molecule has 0 aromatic heterocycles. The highest BCUT2D eigenvalue weighted by atomic mass is 16.4. The van der Waals surface area contributed by atoms with E-state index >= 15 is 0 Å². The largest absolute Gasteiger partial charge is 0.481 e. The first kappa shape index (κ1) is 9.75. The molecule has 1 N–H and O–H groups in total. The average molecular weight is 194 g/mol. The molecule has 78 valence electrons. The molecule has 0 amide bonds. The van der Waals surface area contributed by atoms with E-state index in [-0.39, 0.29) is 17.3 Å². The monoisotopic (exact) mass is 194 g/mol. The second kappa shape index (κ2) is 3.41. The van der Waals surface area contributed by atoms with Crippen molar-refractivity contribution in [1.29, 1.82) is 0 Å². The Morgan fingerprint density at radius 1 is 1.43 bits per heavy atom. The highest BCUT2D eigenvalue weighted by Crippen LogP contribution is 2.52. The van der Waals surface area contributed by atoms with Crippen LogP contribution in [0.2, 0.25) is 0 Å². The molecule has 14 heavy (non-hydrogen) atoms. The summed E-state index contributed by atoms with van der Waals surface area (Å²) >= 11 is 0. The molecule has 2 aliphatic rings. The zero-order valence-electron chi connectivity index (χ0n) is 8.70. The quantitative estimate of drug-likeness (QED) is 0.652. The normalized spacial score (nSPS) is 34.9. The molecule has 1 saturated carbocycles. The molecule has 0 aliphatic heterocycles. The maximum absolute atomic E-state index is 11.3. The van der Waals surface area contributed by atoms with Crippen molar-refractivity contribution in [2.75, 3.05) is 0 Å². The minimum atomic E-state index is -0.594. The van der Waals surface area contributed by atoms with Gasteiger partial charge in [-0.15, -0.1) is 0 Å². The number of carboxylic acid groups (broad SMARTS) is 1. The van der Waals surface area contributed by atoms with Crippen molar-refractivity contribution in [3.8, 4) is 0 Å². The fraction of sp³-hybridized carbons (Fsp3) is 0.750. The van der Waals surface area contributed by atoms with Crippen LogP contribution in [0, 0.1) is 17.3 Å². The number of hydrogen-bond acceptors (Lipinski definition) is 1. The van der Waals surface area contributed by atoms with Crippen LogP contribution in [0.4, 0.5) is 0 Å². The molecule has 1 fully saturated rings. The molecule has 0 bridgehead atoms. The number of allylic oxidation sites excluding steroid dienone is 2. The van der Waals surface area contributed by atoms with Crippen molar-refractivity contribution in [2.45, 2.75) is 39.0 Å². The molecule has 2 rings (SSSR count). The van der Waals surface area contributed by atoms with Gasteiger partial charge in [0.1, 0.15) is 0 Å². The zero-order valence-corrected chi connectivity index (χ0v) is 8.70. The molecule has 2 heteroatoms. The van der Waals surface area contributed by atoms with Gasteiger partial charge >= 0.3 is 5.97 Å². The Morgan fingerprint density at radius 3 is 2.64 bits per heavy atom. The first-order valence-electron chi connectivity index (χ1n) is 5.55. The van der Waals surface area contributed by atoms with Crippen molar-refractivity contribution >= 4 is 5.97 Å². The smallest absolute Gasteiger partial charge is 0.307 e. The zero-order chi connectivity index (χ0) is 10.2. The fourth-order valence-corrected chi connectivity index (χ4v) is 3.39. The van der Waals surface area contributed by atoms with Gasteiger partial charge in [0.2, 0.25) is 0 Å². The van der Waals surface area contributed by atoms with E-state index in [0.717, 1.165) is 19.3 Å². The summed E-state index contributed by atoms with van der Waals surface area (Å²) in [7, 11) is 0. The van der Waals surface area contributed by atoms with Gasteiger partial charge in [0.25, 0.3) is 0 Å². The van der Waals surface area contributed by atoms with E-state index in [0.29, 0.717) is 0 Å². The highest BCUT2D eigenvalue weighted by Gasteiger charge is 2.47. The molecule has 0 heterocycles. The van der Waals surface area contributed by atoms with Crippen LogP contribution in [0.1, 0.15) is 39.0 Å². The first-order chi connectivity index (χ1) is 6.66. The van der Waals surface area contributed by atoms with Gasteiger partial charge in [-0.25, -0.2) is 0 Å². The lowest BCUT2D eigenvalue weighted by molar-refractivity contribution is -0.149. The molecule has 0 aromatic carbocycles. The van der Waals surface area contributed by atoms with Crippen LogP contribution in [0.5, 0.6) is 0 Å². The van der Waals surface area contributed by atoms with Crippen LogP contribution < -0.4 is 0 Å². The molecular weight excluding hydrogens is 176 g/mol. The average Bonchev–Trinajstić information content (AvgIpc) is 2.53. The van der Waals surface area contributed by atoms with Crippen LogP contribution >= 0.6 is 0 Å². The second-order valence-corrected chi connectivity index (χ2v) is 4.88. The predicted octanol–water partition coefficient (Wildman–Crippen LogP) is 2.84. The van der Waals surface area contributed by atoms with E-state index in [1.54, 1.807) is 0 Å². The Morgan fingerprint density at radius 2 is 2.07 bits per heavy atom. The van der Waals surface area contributed by atoms with Crippen molar-refractivity contribution < 1.29 is 9.90 Å². The van der Waals surface area contributed by atoms with Crippen molar-refractivity contribution in [3.05, 3.63) is 12.2 Å². The molecule has 1 spiro atoms. The number of carboxylic acids is 1. The molecule has 2 nitrogen and oxygen atoms in total. The maximum atomic E-state index is 11.3. The second-order valence-electron chi connectivity index (χ2n) is 4.88. The third-order valence-corrected chi connectivity index (χ3v) is 4.01. The van der Waals surface area contributed by atoms with Gasteiger partial charge in [-0.1, -0.05) is 31.9 Å². The molecule has 0 radical (unpaired) electrons. The molecular formula is C12H18O2. The molecule has 2 unspecified atom stereocenters. The summed E-state index contributed by atoms with van der Waals surface area (Å²) < 4.78 is 0. The van der Waals surface area contributed by atoms with E-state index in [9.17, 15) is 9.90 Å². The van der Waals surface area contributed by atoms with Gasteiger partial charge in [0, 0.05) is 0 Å². The van der Waals surface area contributed by atoms with Gasteiger partial charge in [0.05, 0.1) is 5.92 Å². The Hall–Kier alpha value is -0.790. The fourth-order valence-electron chi connectivity index (χ4n) is 3.39. The lowest BCUT2D eigenvalue weighted by Gasteiger charge is -2.39. The van der Waals surface area contributed by atoms with Gasteiger partial charge in [-0.3, -0.25) is 4.79 Å². The Kier molecular flexibility index (Phi) is 2.38. The van der Waals surface area contributed by atoms with Gasteiger partial charge in [-0.2, -0.15) is 0 Å². The van der Waals surface area contributed by atoms with Crippen LogP contribution in [-0.2, 0) is 4.79 Å². The SMILES string of the molecule is CC1C=CCC2(CCCC2)C1C(=O)O. The summed E-state index contributed by atoms with van der Waals surface area (Å²) in [5.74, 6) is -0.530. The summed E-state index contributed by atoms with van der Waals surface area (Å²) in [6, 6.07) is 0. The number of aliphatic carboxylic acids is 1. The summed E-state index contributed by atoms with van der Waals surface area (Å²) in [4.78, 5) is 11.3. The Balaban J connectivity index is 2.30. The first-order valence-corrected chi connectivity index (χ1v) is 5.55. The molecule has 2 aliphatic carbocycles. The van der Waals surface area contributed by atoms with Crippen molar-refractivity contribution in [3.63, 3.8) is 0 Å². The van der Waals surface area contributed by atoms with Crippen molar-refractivity contribution in [2.24, 2.45) is 17.3 Å². The molecule has 0 saturated heterocycles. The van der Waals surface area contributed by atoms with Crippen molar-refractivity contribution in [1.82, 2.24) is 0 Å². The minimum Gasteiger partial charge on any atom is -0.481 e.